The van der Waals surface area contributed by atoms with Crippen molar-refractivity contribution in [1.29, 1.82) is 0 Å². The van der Waals surface area contributed by atoms with Gasteiger partial charge in [0, 0.05) is 56.4 Å². The number of unbranched alkanes of at least 4 members (excludes halogenated alkanes) is 1. The number of aromatic nitrogens is 1. The highest BCUT2D eigenvalue weighted by atomic mass is 16.2. The number of nitrogens with one attached hydrogen (secondary N) is 2. The molecule has 0 saturated carbocycles. The normalized spacial score (nSPS) is 14.5. The average Bonchev–Trinajstić information content (AvgIpc) is 2.83. The van der Waals surface area contributed by atoms with Gasteiger partial charge in [-0.25, -0.2) is 0 Å². The molecule has 0 unspecified atom stereocenters. The highest BCUT2D eigenvalue weighted by Crippen LogP contribution is 2.24. The largest absolute Gasteiger partial charge is 0.388 e. The van der Waals surface area contributed by atoms with Gasteiger partial charge in [-0.2, -0.15) is 0 Å². The van der Waals surface area contributed by atoms with Crippen LogP contribution in [-0.4, -0.2) is 48.4 Å². The van der Waals surface area contributed by atoms with Gasteiger partial charge in [-0.1, -0.05) is 25.0 Å². The summed E-state index contributed by atoms with van der Waals surface area (Å²) < 4.78 is 0. The van der Waals surface area contributed by atoms with E-state index in [9.17, 15) is 9.59 Å². The Morgan fingerprint density at radius 3 is 2.74 bits per heavy atom. The zero-order chi connectivity index (χ0) is 21.9. The molecule has 1 aromatic heterocycles. The van der Waals surface area contributed by atoms with Crippen LogP contribution >= 0.6 is 0 Å². The Morgan fingerprint density at radius 2 is 2.00 bits per heavy atom. The summed E-state index contributed by atoms with van der Waals surface area (Å²) in [6.45, 7) is 2.33. The number of likely N-dealkylation sites (tertiary alicyclic amines) is 1. The molecule has 1 aromatic carbocycles. The molecular formula is C25H32N4O2. The minimum atomic E-state index is -0.0713. The molecule has 1 saturated heterocycles. The summed E-state index contributed by atoms with van der Waals surface area (Å²) in [5.41, 5.74) is 2.62. The van der Waals surface area contributed by atoms with Crippen molar-refractivity contribution in [3.63, 3.8) is 0 Å². The second-order valence-electron chi connectivity index (χ2n) is 7.97. The fourth-order valence-corrected chi connectivity index (χ4v) is 3.89. The van der Waals surface area contributed by atoms with E-state index in [4.69, 9.17) is 0 Å². The third-order valence-electron chi connectivity index (χ3n) is 5.75. The molecule has 1 aliphatic heterocycles. The van der Waals surface area contributed by atoms with Crippen molar-refractivity contribution in [1.82, 2.24) is 15.2 Å². The van der Waals surface area contributed by atoms with Gasteiger partial charge in [-0.3, -0.25) is 14.6 Å². The third kappa shape index (κ3) is 7.24. The fourth-order valence-electron chi connectivity index (χ4n) is 3.89. The lowest BCUT2D eigenvalue weighted by Crippen LogP contribution is -2.38. The summed E-state index contributed by atoms with van der Waals surface area (Å²) in [6.07, 6.45) is 12.1. The van der Waals surface area contributed by atoms with Crippen molar-refractivity contribution in [2.75, 3.05) is 32.0 Å². The maximum Gasteiger partial charge on any atom is 0.253 e. The number of pyridine rings is 1. The lowest BCUT2D eigenvalue weighted by atomic mass is 9.91. The maximum atomic E-state index is 12.7. The number of benzene rings is 1. The third-order valence-corrected chi connectivity index (χ3v) is 5.75. The molecular weight excluding hydrogens is 388 g/mol. The van der Waals surface area contributed by atoms with Crippen LogP contribution in [0.15, 0.2) is 54.9 Å². The molecule has 164 valence electrons. The first-order valence-corrected chi connectivity index (χ1v) is 11.1. The fraction of sp³-hybridized carbons (Fsp3) is 0.400. The van der Waals surface area contributed by atoms with Crippen LogP contribution in [-0.2, 0) is 4.79 Å². The number of piperidine rings is 1. The molecule has 1 aliphatic rings. The molecule has 6 heteroatoms. The molecule has 6 nitrogen and oxygen atoms in total. The number of nitrogens with zero attached hydrogens (tertiary/aromatic N) is 2. The zero-order valence-electron chi connectivity index (χ0n) is 18.2. The van der Waals surface area contributed by atoms with Gasteiger partial charge in [-0.15, -0.1) is 0 Å². The molecule has 2 N–H and O–H groups in total. The van der Waals surface area contributed by atoms with Crippen LogP contribution in [0.1, 0.15) is 48.0 Å². The maximum absolute atomic E-state index is 12.7. The Hall–Kier alpha value is -3.15. The van der Waals surface area contributed by atoms with E-state index in [1.54, 1.807) is 24.5 Å². The highest BCUT2D eigenvalue weighted by molar-refractivity contribution is 5.95. The van der Waals surface area contributed by atoms with Crippen LogP contribution in [0.5, 0.6) is 0 Å². The Labute approximate surface area is 184 Å². The summed E-state index contributed by atoms with van der Waals surface area (Å²) >= 11 is 0. The van der Waals surface area contributed by atoms with E-state index < -0.39 is 0 Å². The molecule has 1 fully saturated rings. The molecule has 31 heavy (non-hydrogen) atoms. The van der Waals surface area contributed by atoms with Gasteiger partial charge in [0.15, 0.2) is 0 Å². The number of carbonyl (C=O) groups is 2. The SMILES string of the molecule is CNc1cccc(C(=O)N2CCC(CCCCNC(=O)/C=C/c3cccnc3)CC2)c1. The number of rotatable bonds is 9. The van der Waals surface area contributed by atoms with Gasteiger partial charge in [-0.05, 0) is 61.1 Å². The van der Waals surface area contributed by atoms with Crippen molar-refractivity contribution in [2.45, 2.75) is 32.1 Å². The second-order valence-corrected chi connectivity index (χ2v) is 7.97. The standard InChI is InChI=1S/C25H32N4O2/c1-26-23-9-4-8-22(18-23)25(31)29-16-12-20(13-17-29)6-2-3-15-28-24(30)11-10-21-7-5-14-27-19-21/h4-5,7-11,14,18-20,26H,2-3,6,12-13,15-17H2,1H3,(H,28,30)/b11-10+. The van der Waals surface area contributed by atoms with Gasteiger partial charge in [0.05, 0.1) is 0 Å². The quantitative estimate of drug-likeness (QED) is 0.475. The van der Waals surface area contributed by atoms with Crippen LogP contribution in [0, 0.1) is 5.92 Å². The Morgan fingerprint density at radius 1 is 1.16 bits per heavy atom. The second kappa shape index (κ2) is 11.9. The summed E-state index contributed by atoms with van der Waals surface area (Å²) in [4.78, 5) is 30.6. The lowest BCUT2D eigenvalue weighted by Gasteiger charge is -2.32. The van der Waals surface area contributed by atoms with Gasteiger partial charge < -0.3 is 15.5 Å². The summed E-state index contributed by atoms with van der Waals surface area (Å²) in [5.74, 6) is 0.712. The van der Waals surface area contributed by atoms with Crippen LogP contribution in [0.2, 0.25) is 0 Å². The van der Waals surface area contributed by atoms with E-state index in [1.165, 1.54) is 0 Å². The minimum absolute atomic E-state index is 0.0713. The highest BCUT2D eigenvalue weighted by Gasteiger charge is 2.23. The summed E-state index contributed by atoms with van der Waals surface area (Å²) in [6, 6.07) is 11.4. The lowest BCUT2D eigenvalue weighted by molar-refractivity contribution is -0.116. The minimum Gasteiger partial charge on any atom is -0.388 e. The van der Waals surface area contributed by atoms with Gasteiger partial charge in [0.2, 0.25) is 5.91 Å². The van der Waals surface area contributed by atoms with Crippen LogP contribution < -0.4 is 10.6 Å². The molecule has 0 spiro atoms. The molecule has 2 aromatic rings. The van der Waals surface area contributed by atoms with Crippen LogP contribution in [0.3, 0.4) is 0 Å². The first-order chi connectivity index (χ1) is 15.2. The molecule has 0 bridgehead atoms. The Kier molecular flexibility index (Phi) is 8.64. The molecule has 0 aliphatic carbocycles. The summed E-state index contributed by atoms with van der Waals surface area (Å²) in [7, 11) is 1.86. The van der Waals surface area contributed by atoms with Gasteiger partial charge in [0.25, 0.3) is 5.91 Å². The first kappa shape index (κ1) is 22.5. The molecule has 2 heterocycles. The van der Waals surface area contributed by atoms with Gasteiger partial charge >= 0.3 is 0 Å². The number of hydrogen-bond acceptors (Lipinski definition) is 4. The average molecular weight is 421 g/mol. The van der Waals surface area contributed by atoms with Crippen molar-refractivity contribution in [3.8, 4) is 0 Å². The van der Waals surface area contributed by atoms with Crippen molar-refractivity contribution < 1.29 is 9.59 Å². The zero-order valence-corrected chi connectivity index (χ0v) is 18.2. The number of hydrogen-bond donors (Lipinski definition) is 2. The summed E-state index contributed by atoms with van der Waals surface area (Å²) in [5, 5.41) is 6.02. The van der Waals surface area contributed by atoms with E-state index in [1.807, 2.05) is 48.3 Å². The molecule has 2 amide bonds. The first-order valence-electron chi connectivity index (χ1n) is 11.1. The molecule has 0 radical (unpaired) electrons. The van der Waals surface area contributed by atoms with Crippen molar-refractivity contribution >= 4 is 23.6 Å². The Bertz CT molecular complexity index is 874. The van der Waals surface area contributed by atoms with Crippen LogP contribution in [0.25, 0.3) is 6.08 Å². The van der Waals surface area contributed by atoms with Crippen molar-refractivity contribution in [2.24, 2.45) is 5.92 Å². The van der Waals surface area contributed by atoms with E-state index in [0.29, 0.717) is 12.5 Å². The van der Waals surface area contributed by atoms with Crippen molar-refractivity contribution in [3.05, 3.63) is 66.0 Å². The van der Waals surface area contributed by atoms with E-state index in [0.717, 1.165) is 62.0 Å². The Balaban J connectivity index is 1.29. The van der Waals surface area contributed by atoms with Crippen LogP contribution in [0.4, 0.5) is 5.69 Å². The monoisotopic (exact) mass is 420 g/mol. The number of amides is 2. The van der Waals surface area contributed by atoms with E-state index in [2.05, 4.69) is 15.6 Å². The predicted molar refractivity (Wildman–Crippen MR) is 125 cm³/mol. The number of carbonyl (C=O) groups excluding carboxylic acids is 2. The van der Waals surface area contributed by atoms with E-state index in [-0.39, 0.29) is 11.8 Å². The number of anilines is 1. The smallest absolute Gasteiger partial charge is 0.253 e. The molecule has 3 rings (SSSR count). The van der Waals surface area contributed by atoms with Gasteiger partial charge in [0.1, 0.15) is 0 Å². The van der Waals surface area contributed by atoms with E-state index >= 15 is 0 Å². The predicted octanol–water partition coefficient (Wildman–Crippen LogP) is 3.98. The topological polar surface area (TPSA) is 74.3 Å². The molecule has 0 atom stereocenters.